The molecule has 2 amide bonds. The zero-order chi connectivity index (χ0) is 25.2. The van der Waals surface area contributed by atoms with Crippen LogP contribution in [0, 0.1) is 5.92 Å². The van der Waals surface area contributed by atoms with E-state index in [9.17, 15) is 9.59 Å². The van der Waals surface area contributed by atoms with Gasteiger partial charge in [0.2, 0.25) is 18.6 Å². The number of hydrogen-bond donors (Lipinski definition) is 1. The van der Waals surface area contributed by atoms with Gasteiger partial charge in [0.05, 0.1) is 18.3 Å². The molecule has 8 heteroatoms. The van der Waals surface area contributed by atoms with E-state index < -0.39 is 0 Å². The van der Waals surface area contributed by atoms with Gasteiger partial charge >= 0.3 is 0 Å². The molecule has 3 heterocycles. The second-order valence-electron chi connectivity index (χ2n) is 9.58. The van der Waals surface area contributed by atoms with E-state index in [1.165, 1.54) is 0 Å². The molecule has 3 aromatic rings. The molecule has 3 aliphatic rings. The number of ether oxygens (including phenoxy) is 3. The standard InChI is InChI=1S/C29H29N3O5/c33-28(32-23-8-4-5-9-25(23)35-18-24(32)20-6-2-1-3-7-20)17-31-14-12-21(13-15-31)29(34)30-22-10-11-26-27(16-22)37-19-36-26/h1-11,16,21,24H,12-15,17-19H2,(H,30,34). The molecule has 1 unspecified atom stereocenters. The van der Waals surface area contributed by atoms with E-state index in [0.29, 0.717) is 56.3 Å². The zero-order valence-corrected chi connectivity index (χ0v) is 20.5. The summed E-state index contributed by atoms with van der Waals surface area (Å²) in [5, 5.41) is 3.00. The number of carbonyl (C=O) groups excluding carboxylic acids is 2. The highest BCUT2D eigenvalue weighted by Crippen LogP contribution is 2.39. The molecular weight excluding hydrogens is 470 g/mol. The monoisotopic (exact) mass is 499 g/mol. The second kappa shape index (κ2) is 10.1. The maximum atomic E-state index is 13.7. The Hall–Kier alpha value is -4.04. The van der Waals surface area contributed by atoms with Crippen molar-refractivity contribution in [3.05, 3.63) is 78.4 Å². The first-order valence-corrected chi connectivity index (χ1v) is 12.7. The van der Waals surface area contributed by atoms with Crippen molar-refractivity contribution in [2.45, 2.75) is 18.9 Å². The van der Waals surface area contributed by atoms with Gasteiger partial charge in [0.25, 0.3) is 0 Å². The number of fused-ring (bicyclic) bond motifs is 2. The summed E-state index contributed by atoms with van der Waals surface area (Å²) in [4.78, 5) is 30.6. The Balaban J connectivity index is 1.09. The summed E-state index contributed by atoms with van der Waals surface area (Å²) in [6, 6.07) is 22.9. The van der Waals surface area contributed by atoms with Crippen molar-refractivity contribution in [1.82, 2.24) is 4.90 Å². The van der Waals surface area contributed by atoms with Crippen LogP contribution in [-0.4, -0.2) is 49.7 Å². The van der Waals surface area contributed by atoms with E-state index in [0.717, 1.165) is 17.0 Å². The first-order valence-electron chi connectivity index (χ1n) is 12.7. The van der Waals surface area contributed by atoms with Crippen LogP contribution in [0.5, 0.6) is 17.2 Å². The fourth-order valence-electron chi connectivity index (χ4n) is 5.26. The van der Waals surface area contributed by atoms with Gasteiger partial charge in [0.15, 0.2) is 11.5 Å². The van der Waals surface area contributed by atoms with Crippen molar-refractivity contribution in [2.24, 2.45) is 5.92 Å². The summed E-state index contributed by atoms with van der Waals surface area (Å²) >= 11 is 0. The molecular formula is C29H29N3O5. The minimum Gasteiger partial charge on any atom is -0.489 e. The van der Waals surface area contributed by atoms with Gasteiger partial charge in [-0.1, -0.05) is 42.5 Å². The van der Waals surface area contributed by atoms with Gasteiger partial charge < -0.3 is 19.5 Å². The number of hydrogen-bond acceptors (Lipinski definition) is 6. The van der Waals surface area contributed by atoms with Crippen LogP contribution in [0.2, 0.25) is 0 Å². The molecule has 8 nitrogen and oxygen atoms in total. The number of benzene rings is 3. The Morgan fingerprint density at radius 3 is 2.43 bits per heavy atom. The largest absolute Gasteiger partial charge is 0.489 e. The molecule has 6 rings (SSSR count). The summed E-state index contributed by atoms with van der Waals surface area (Å²) in [7, 11) is 0. The average Bonchev–Trinajstić information content (AvgIpc) is 3.41. The maximum Gasteiger partial charge on any atom is 0.241 e. The summed E-state index contributed by atoms with van der Waals surface area (Å²) < 4.78 is 16.7. The Labute approximate surface area is 215 Å². The van der Waals surface area contributed by atoms with Gasteiger partial charge in [0, 0.05) is 17.7 Å². The van der Waals surface area contributed by atoms with Crippen LogP contribution in [0.3, 0.4) is 0 Å². The van der Waals surface area contributed by atoms with Gasteiger partial charge in [-0.25, -0.2) is 0 Å². The molecule has 190 valence electrons. The lowest BCUT2D eigenvalue weighted by molar-refractivity contribution is -0.122. The molecule has 1 N–H and O–H groups in total. The number of piperidine rings is 1. The third kappa shape index (κ3) is 4.84. The molecule has 37 heavy (non-hydrogen) atoms. The zero-order valence-electron chi connectivity index (χ0n) is 20.5. The van der Waals surface area contributed by atoms with Gasteiger partial charge in [-0.2, -0.15) is 0 Å². The lowest BCUT2D eigenvalue weighted by Gasteiger charge is -2.39. The predicted octanol–water partition coefficient (Wildman–Crippen LogP) is 4.23. The Kier molecular flexibility index (Phi) is 6.40. The summed E-state index contributed by atoms with van der Waals surface area (Å²) in [6.45, 7) is 2.29. The number of carbonyl (C=O) groups is 2. The Morgan fingerprint density at radius 2 is 1.59 bits per heavy atom. The highest BCUT2D eigenvalue weighted by atomic mass is 16.7. The van der Waals surface area contributed by atoms with Crippen LogP contribution >= 0.6 is 0 Å². The van der Waals surface area contributed by atoms with Gasteiger partial charge in [0.1, 0.15) is 12.4 Å². The molecule has 0 aliphatic carbocycles. The first-order chi connectivity index (χ1) is 18.2. The van der Waals surface area contributed by atoms with Crippen molar-refractivity contribution >= 4 is 23.2 Å². The molecule has 0 bridgehead atoms. The highest BCUT2D eigenvalue weighted by Gasteiger charge is 2.35. The molecule has 0 spiro atoms. The number of para-hydroxylation sites is 2. The molecule has 0 aromatic heterocycles. The fraction of sp³-hybridized carbons (Fsp3) is 0.310. The van der Waals surface area contributed by atoms with E-state index in [1.807, 2.05) is 65.6 Å². The van der Waals surface area contributed by atoms with Crippen LogP contribution in [0.25, 0.3) is 0 Å². The predicted molar refractivity (Wildman–Crippen MR) is 139 cm³/mol. The molecule has 3 aliphatic heterocycles. The number of amides is 2. The van der Waals surface area contributed by atoms with Crippen molar-refractivity contribution in [3.8, 4) is 17.2 Å². The smallest absolute Gasteiger partial charge is 0.241 e. The van der Waals surface area contributed by atoms with Crippen molar-refractivity contribution in [1.29, 1.82) is 0 Å². The van der Waals surface area contributed by atoms with E-state index in [1.54, 1.807) is 12.1 Å². The Morgan fingerprint density at radius 1 is 0.838 bits per heavy atom. The van der Waals surface area contributed by atoms with Crippen LogP contribution in [-0.2, 0) is 9.59 Å². The molecule has 3 aromatic carbocycles. The van der Waals surface area contributed by atoms with Crippen LogP contribution < -0.4 is 24.4 Å². The minimum atomic E-state index is -0.186. The third-order valence-corrected chi connectivity index (χ3v) is 7.24. The molecule has 1 atom stereocenters. The molecule has 1 saturated heterocycles. The van der Waals surface area contributed by atoms with E-state index in [2.05, 4.69) is 10.2 Å². The van der Waals surface area contributed by atoms with E-state index >= 15 is 0 Å². The fourth-order valence-corrected chi connectivity index (χ4v) is 5.26. The quantitative estimate of drug-likeness (QED) is 0.566. The molecule has 0 radical (unpaired) electrons. The van der Waals surface area contributed by atoms with Crippen LogP contribution in [0.4, 0.5) is 11.4 Å². The van der Waals surface area contributed by atoms with Gasteiger partial charge in [-0.3, -0.25) is 19.4 Å². The minimum absolute atomic E-state index is 0.00362. The Bertz CT molecular complexity index is 1290. The summed E-state index contributed by atoms with van der Waals surface area (Å²) in [5.74, 6) is 1.99. The number of anilines is 2. The normalized spacial score (nSPS) is 19.1. The summed E-state index contributed by atoms with van der Waals surface area (Å²) in [5.41, 5.74) is 2.54. The van der Waals surface area contributed by atoms with Gasteiger partial charge in [-0.15, -0.1) is 0 Å². The van der Waals surface area contributed by atoms with Crippen LogP contribution in [0.1, 0.15) is 24.4 Å². The van der Waals surface area contributed by atoms with Crippen molar-refractivity contribution < 1.29 is 23.8 Å². The van der Waals surface area contributed by atoms with Crippen molar-refractivity contribution in [3.63, 3.8) is 0 Å². The lowest BCUT2D eigenvalue weighted by atomic mass is 9.95. The van der Waals surface area contributed by atoms with E-state index in [4.69, 9.17) is 14.2 Å². The highest BCUT2D eigenvalue weighted by molar-refractivity contribution is 5.97. The lowest BCUT2D eigenvalue weighted by Crippen LogP contribution is -2.48. The topological polar surface area (TPSA) is 80.3 Å². The van der Waals surface area contributed by atoms with Crippen molar-refractivity contribution in [2.75, 3.05) is 43.3 Å². The number of nitrogens with zero attached hydrogens (tertiary/aromatic N) is 2. The summed E-state index contributed by atoms with van der Waals surface area (Å²) in [6.07, 6.45) is 1.40. The number of rotatable bonds is 5. The van der Waals surface area contributed by atoms with E-state index in [-0.39, 0.29) is 30.6 Å². The SMILES string of the molecule is O=C(Nc1ccc2c(c1)OCO2)C1CCN(CC(=O)N2c3ccccc3OCC2c2ccccc2)CC1. The van der Waals surface area contributed by atoms with Crippen LogP contribution in [0.15, 0.2) is 72.8 Å². The third-order valence-electron chi connectivity index (χ3n) is 7.24. The average molecular weight is 500 g/mol. The number of nitrogens with one attached hydrogen (secondary N) is 1. The molecule has 1 fully saturated rings. The molecule has 0 saturated carbocycles. The second-order valence-corrected chi connectivity index (χ2v) is 9.58. The maximum absolute atomic E-state index is 13.7. The van der Waals surface area contributed by atoms with Gasteiger partial charge in [-0.05, 0) is 55.8 Å². The number of likely N-dealkylation sites (tertiary alicyclic amines) is 1. The first kappa shape index (κ1) is 23.4.